The second-order valence-corrected chi connectivity index (χ2v) is 8.27. The normalized spacial score (nSPS) is 10.5. The highest BCUT2D eigenvalue weighted by atomic mass is 79.9. The fraction of sp³-hybridized carbons (Fsp3) is 0.100. The summed E-state index contributed by atoms with van der Waals surface area (Å²) in [5.74, 6) is 0.885. The van der Waals surface area contributed by atoms with Gasteiger partial charge < -0.3 is 10.1 Å². The molecule has 0 aromatic heterocycles. The molecule has 3 aromatic rings. The van der Waals surface area contributed by atoms with Crippen molar-refractivity contribution in [3.8, 4) is 5.75 Å². The summed E-state index contributed by atoms with van der Waals surface area (Å²) in [5.41, 5.74) is 3.31. The Balaban J connectivity index is 1.69. The number of nitrogens with one attached hydrogen (secondary N) is 1. The van der Waals surface area contributed by atoms with Crippen LogP contribution in [-0.4, -0.2) is 0 Å². The minimum absolute atomic E-state index is 0.542. The lowest BCUT2D eigenvalue weighted by Crippen LogP contribution is -2.04. The van der Waals surface area contributed by atoms with Gasteiger partial charge in [0.2, 0.25) is 0 Å². The molecule has 0 heterocycles. The molecule has 0 aliphatic rings. The van der Waals surface area contributed by atoms with Crippen molar-refractivity contribution in [3.05, 3.63) is 91.3 Å². The van der Waals surface area contributed by atoms with E-state index in [1.54, 1.807) is 0 Å². The molecule has 0 unspecified atom stereocenters. The smallest absolute Gasteiger partial charge is 0.124 e. The molecule has 0 atom stereocenters. The van der Waals surface area contributed by atoms with E-state index in [9.17, 15) is 0 Å². The zero-order valence-electron chi connectivity index (χ0n) is 13.3. The van der Waals surface area contributed by atoms with Gasteiger partial charge in [0, 0.05) is 31.2 Å². The van der Waals surface area contributed by atoms with Crippen LogP contribution in [0.25, 0.3) is 0 Å². The van der Waals surface area contributed by atoms with Crippen molar-refractivity contribution in [2.45, 2.75) is 13.2 Å². The minimum Gasteiger partial charge on any atom is -0.489 e. The van der Waals surface area contributed by atoms with Crippen LogP contribution in [0.2, 0.25) is 0 Å². The maximum atomic E-state index is 6.04. The summed E-state index contributed by atoms with van der Waals surface area (Å²) in [6.45, 7) is 1.23. The fourth-order valence-corrected chi connectivity index (χ4v) is 3.27. The summed E-state index contributed by atoms with van der Waals surface area (Å²) in [5, 5.41) is 3.43. The molecule has 25 heavy (non-hydrogen) atoms. The molecule has 5 heteroatoms. The van der Waals surface area contributed by atoms with E-state index < -0.39 is 0 Å². The average molecular weight is 526 g/mol. The Morgan fingerprint density at radius 3 is 2.00 bits per heavy atom. The third-order valence-electron chi connectivity index (χ3n) is 3.66. The summed E-state index contributed by atoms with van der Waals surface area (Å²) in [6, 6.07) is 22.4. The summed E-state index contributed by atoms with van der Waals surface area (Å²) in [7, 11) is 0. The number of rotatable bonds is 6. The van der Waals surface area contributed by atoms with Gasteiger partial charge in [0.1, 0.15) is 12.4 Å². The highest BCUT2D eigenvalue weighted by Crippen LogP contribution is 2.26. The third-order valence-corrected chi connectivity index (χ3v) is 5.21. The van der Waals surface area contributed by atoms with Crippen molar-refractivity contribution < 1.29 is 4.74 Å². The highest BCUT2D eigenvalue weighted by Gasteiger charge is 2.06. The molecular formula is C20H16Br3NO. The number of hydrogen-bond acceptors (Lipinski definition) is 2. The lowest BCUT2D eigenvalue weighted by atomic mass is 10.2. The monoisotopic (exact) mass is 523 g/mol. The predicted molar refractivity (Wildman–Crippen MR) is 114 cm³/mol. The van der Waals surface area contributed by atoms with E-state index in [0.29, 0.717) is 13.2 Å². The van der Waals surface area contributed by atoms with E-state index in [0.717, 1.165) is 36.0 Å². The zero-order valence-corrected chi connectivity index (χ0v) is 18.1. The van der Waals surface area contributed by atoms with Crippen LogP contribution in [0, 0.1) is 0 Å². The van der Waals surface area contributed by atoms with E-state index in [1.165, 1.54) is 0 Å². The first-order valence-corrected chi connectivity index (χ1v) is 10.1. The first-order valence-electron chi connectivity index (χ1n) is 7.75. The summed E-state index contributed by atoms with van der Waals surface area (Å²) in [4.78, 5) is 0. The van der Waals surface area contributed by atoms with Crippen molar-refractivity contribution in [2.24, 2.45) is 0 Å². The van der Waals surface area contributed by atoms with Crippen molar-refractivity contribution in [2.75, 3.05) is 5.32 Å². The SMILES string of the molecule is Brc1ccc(COc2ccc(Br)cc2CNc2ccc(Br)cc2)cc1. The Morgan fingerprint density at radius 2 is 1.32 bits per heavy atom. The zero-order chi connectivity index (χ0) is 17.6. The molecule has 0 saturated carbocycles. The average Bonchev–Trinajstić information content (AvgIpc) is 2.62. The van der Waals surface area contributed by atoms with E-state index in [2.05, 4.69) is 71.3 Å². The van der Waals surface area contributed by atoms with Crippen molar-refractivity contribution in [3.63, 3.8) is 0 Å². The number of hydrogen-bond donors (Lipinski definition) is 1. The highest BCUT2D eigenvalue weighted by molar-refractivity contribution is 9.11. The molecule has 128 valence electrons. The van der Waals surface area contributed by atoms with Gasteiger partial charge in [0.25, 0.3) is 0 Å². The lowest BCUT2D eigenvalue weighted by Gasteiger charge is -2.14. The second-order valence-electron chi connectivity index (χ2n) is 5.53. The van der Waals surface area contributed by atoms with Gasteiger partial charge in [-0.05, 0) is 60.2 Å². The van der Waals surface area contributed by atoms with Crippen molar-refractivity contribution in [1.82, 2.24) is 0 Å². The van der Waals surface area contributed by atoms with E-state index >= 15 is 0 Å². The first kappa shape index (κ1) is 18.5. The van der Waals surface area contributed by atoms with Gasteiger partial charge in [0.05, 0.1) is 0 Å². The quantitative estimate of drug-likeness (QED) is 0.368. The number of ether oxygens (including phenoxy) is 1. The molecule has 0 spiro atoms. The molecule has 3 rings (SSSR count). The molecular weight excluding hydrogens is 510 g/mol. The lowest BCUT2D eigenvalue weighted by molar-refractivity contribution is 0.303. The van der Waals surface area contributed by atoms with Crippen LogP contribution in [0.3, 0.4) is 0 Å². The van der Waals surface area contributed by atoms with Crippen LogP contribution >= 0.6 is 47.8 Å². The topological polar surface area (TPSA) is 21.3 Å². The summed E-state index contributed by atoms with van der Waals surface area (Å²) >= 11 is 10.4. The third kappa shape index (κ3) is 5.59. The van der Waals surface area contributed by atoms with E-state index in [4.69, 9.17) is 4.74 Å². The van der Waals surface area contributed by atoms with Crippen LogP contribution in [0.5, 0.6) is 5.75 Å². The van der Waals surface area contributed by atoms with Crippen LogP contribution < -0.4 is 10.1 Å². The maximum Gasteiger partial charge on any atom is 0.124 e. The maximum absolute atomic E-state index is 6.04. The van der Waals surface area contributed by atoms with Gasteiger partial charge in [-0.15, -0.1) is 0 Å². The van der Waals surface area contributed by atoms with Gasteiger partial charge in [-0.25, -0.2) is 0 Å². The van der Waals surface area contributed by atoms with Gasteiger partial charge in [0.15, 0.2) is 0 Å². The van der Waals surface area contributed by atoms with Crippen LogP contribution in [-0.2, 0) is 13.2 Å². The van der Waals surface area contributed by atoms with Gasteiger partial charge >= 0.3 is 0 Å². The minimum atomic E-state index is 0.542. The molecule has 1 N–H and O–H groups in total. The second kappa shape index (κ2) is 8.88. The number of benzene rings is 3. The van der Waals surface area contributed by atoms with E-state index in [-0.39, 0.29) is 0 Å². The predicted octanol–water partition coefficient (Wildman–Crippen LogP) is 7.17. The summed E-state index contributed by atoms with van der Waals surface area (Å²) in [6.07, 6.45) is 0. The van der Waals surface area contributed by atoms with Gasteiger partial charge in [-0.2, -0.15) is 0 Å². The number of anilines is 1. The first-order chi connectivity index (χ1) is 12.1. The van der Waals surface area contributed by atoms with Crippen molar-refractivity contribution >= 4 is 53.5 Å². The Kier molecular flexibility index (Phi) is 6.57. The van der Waals surface area contributed by atoms with Crippen molar-refractivity contribution in [1.29, 1.82) is 0 Å². The van der Waals surface area contributed by atoms with Gasteiger partial charge in [-0.1, -0.05) is 59.9 Å². The molecule has 3 aromatic carbocycles. The van der Waals surface area contributed by atoms with Crippen LogP contribution in [0.15, 0.2) is 80.1 Å². The largest absolute Gasteiger partial charge is 0.489 e. The molecule has 0 aliphatic carbocycles. The molecule has 0 saturated heterocycles. The standard InChI is InChI=1S/C20H16Br3NO/c21-16-3-1-14(2-4-16)13-25-20-10-7-18(23)11-15(20)12-24-19-8-5-17(22)6-9-19/h1-11,24H,12-13H2. The molecule has 2 nitrogen and oxygen atoms in total. The van der Waals surface area contributed by atoms with Crippen LogP contribution in [0.4, 0.5) is 5.69 Å². The Morgan fingerprint density at radius 1 is 0.720 bits per heavy atom. The Bertz CT molecular complexity index is 833. The molecule has 0 amide bonds. The Hall–Kier alpha value is -1.30. The summed E-state index contributed by atoms with van der Waals surface area (Å²) < 4.78 is 9.22. The van der Waals surface area contributed by atoms with E-state index in [1.807, 2.05) is 48.5 Å². The Labute approximate surface area is 173 Å². The molecule has 0 bridgehead atoms. The molecule has 0 fully saturated rings. The fourth-order valence-electron chi connectivity index (χ4n) is 2.33. The number of halogens is 3. The molecule has 0 radical (unpaired) electrons. The molecule has 0 aliphatic heterocycles. The van der Waals surface area contributed by atoms with Gasteiger partial charge in [-0.3, -0.25) is 0 Å². The van der Waals surface area contributed by atoms with Crippen LogP contribution in [0.1, 0.15) is 11.1 Å².